The topological polar surface area (TPSA) is 92.9 Å². The molecule has 0 spiro atoms. The molecule has 1 aliphatic heterocycles. The highest BCUT2D eigenvalue weighted by Gasteiger charge is 2.23. The predicted octanol–water partition coefficient (Wildman–Crippen LogP) is -0.0164. The number of carboxylic acids is 1. The first kappa shape index (κ1) is 14.7. The van der Waals surface area contributed by atoms with Crippen molar-refractivity contribution in [1.29, 1.82) is 0 Å². The lowest BCUT2D eigenvalue weighted by molar-refractivity contribution is -0.137. The molecule has 0 aromatic heterocycles. The van der Waals surface area contributed by atoms with E-state index in [1.165, 1.54) is 5.57 Å². The molecule has 0 radical (unpaired) electrons. The fourth-order valence-corrected chi connectivity index (χ4v) is 1.86. The highest BCUT2D eigenvalue weighted by Crippen LogP contribution is 2.12. The van der Waals surface area contributed by atoms with E-state index in [1.54, 1.807) is 12.0 Å². The maximum Gasteiger partial charge on any atom is 0.303 e. The van der Waals surface area contributed by atoms with E-state index in [9.17, 15) is 9.59 Å². The third-order valence-corrected chi connectivity index (χ3v) is 2.93. The van der Waals surface area contributed by atoms with Gasteiger partial charge in [-0.25, -0.2) is 0 Å². The number of carboxylic acid groups (broad SMARTS) is 1. The predicted molar refractivity (Wildman–Crippen MR) is 66.0 cm³/mol. The number of carbonyl (C=O) groups excluding carboxylic acids is 1. The summed E-state index contributed by atoms with van der Waals surface area (Å²) in [5, 5.41) is 8.54. The van der Waals surface area contributed by atoms with Crippen molar-refractivity contribution in [2.45, 2.75) is 25.3 Å². The lowest BCUT2D eigenvalue weighted by Crippen LogP contribution is -2.45. The van der Waals surface area contributed by atoms with Gasteiger partial charge in [-0.05, 0) is 18.4 Å². The van der Waals surface area contributed by atoms with E-state index in [-0.39, 0.29) is 18.7 Å². The molecule has 0 bridgehead atoms. The zero-order chi connectivity index (χ0) is 13.5. The van der Waals surface area contributed by atoms with Gasteiger partial charge in [0.2, 0.25) is 5.91 Å². The summed E-state index contributed by atoms with van der Waals surface area (Å²) in [6.07, 6.45) is 2.85. The molecule has 1 amide bonds. The molecule has 0 saturated carbocycles. The number of nitrogens with two attached hydrogens (primary N) is 1. The smallest absolute Gasteiger partial charge is 0.303 e. The van der Waals surface area contributed by atoms with Gasteiger partial charge in [-0.2, -0.15) is 0 Å². The van der Waals surface area contributed by atoms with Crippen molar-refractivity contribution in [2.24, 2.45) is 5.73 Å². The first-order valence-electron chi connectivity index (χ1n) is 5.97. The Labute approximate surface area is 106 Å². The Hall–Kier alpha value is -1.40. The quantitative estimate of drug-likeness (QED) is 0.652. The Bertz CT molecular complexity index is 341. The molecule has 6 nitrogen and oxygen atoms in total. The van der Waals surface area contributed by atoms with E-state index in [4.69, 9.17) is 15.6 Å². The van der Waals surface area contributed by atoms with E-state index >= 15 is 0 Å². The zero-order valence-corrected chi connectivity index (χ0v) is 10.6. The molecule has 1 atom stereocenters. The van der Waals surface area contributed by atoms with Gasteiger partial charge in [0, 0.05) is 26.6 Å². The van der Waals surface area contributed by atoms with Gasteiger partial charge in [0.05, 0.1) is 12.6 Å². The number of amides is 1. The second kappa shape index (κ2) is 7.13. The molecule has 0 aromatic carbocycles. The average Bonchev–Trinajstić information content (AvgIpc) is 2.36. The van der Waals surface area contributed by atoms with Gasteiger partial charge in [-0.1, -0.05) is 6.08 Å². The van der Waals surface area contributed by atoms with Gasteiger partial charge >= 0.3 is 5.97 Å². The maximum absolute atomic E-state index is 11.9. The first-order valence-corrected chi connectivity index (χ1v) is 5.97. The van der Waals surface area contributed by atoms with Gasteiger partial charge in [-0.3, -0.25) is 9.59 Å². The van der Waals surface area contributed by atoms with Gasteiger partial charge in [0.25, 0.3) is 0 Å². The van der Waals surface area contributed by atoms with Crippen molar-refractivity contribution < 1.29 is 19.4 Å². The summed E-state index contributed by atoms with van der Waals surface area (Å²) in [6.45, 7) is 1.74. The number of nitrogens with zero attached hydrogens (tertiary/aromatic N) is 1. The van der Waals surface area contributed by atoms with Crippen LogP contribution in [0, 0.1) is 0 Å². The lowest BCUT2D eigenvalue weighted by Gasteiger charge is -2.28. The van der Waals surface area contributed by atoms with E-state index in [0.29, 0.717) is 19.7 Å². The third-order valence-electron chi connectivity index (χ3n) is 2.93. The van der Waals surface area contributed by atoms with Crippen LogP contribution in [-0.2, 0) is 14.3 Å². The molecule has 6 heteroatoms. The van der Waals surface area contributed by atoms with Gasteiger partial charge < -0.3 is 20.5 Å². The molecule has 1 aliphatic rings. The Morgan fingerprint density at radius 1 is 1.61 bits per heavy atom. The normalized spacial score (nSPS) is 17.2. The molecule has 1 heterocycles. The minimum Gasteiger partial charge on any atom is -0.481 e. The van der Waals surface area contributed by atoms with Crippen LogP contribution in [0.5, 0.6) is 0 Å². The second-order valence-electron chi connectivity index (χ2n) is 4.37. The monoisotopic (exact) mass is 256 g/mol. The average molecular weight is 256 g/mol. The Kier molecular flexibility index (Phi) is 5.80. The maximum atomic E-state index is 11.9. The van der Waals surface area contributed by atoms with Crippen LogP contribution in [0.15, 0.2) is 11.6 Å². The van der Waals surface area contributed by atoms with E-state index < -0.39 is 12.0 Å². The molecule has 1 unspecified atom stereocenters. The standard InChI is InChI=1S/C12H20N2O4/c1-18-8-9-4-6-14(7-5-9)12(17)10(13)2-3-11(15)16/h4,10H,2-3,5-8,13H2,1H3,(H,15,16). The van der Waals surface area contributed by atoms with Crippen molar-refractivity contribution in [3.63, 3.8) is 0 Å². The molecule has 0 fully saturated rings. The number of methoxy groups -OCH3 is 1. The summed E-state index contributed by atoms with van der Waals surface area (Å²) in [5.74, 6) is -1.11. The van der Waals surface area contributed by atoms with E-state index in [2.05, 4.69) is 0 Å². The number of hydrogen-bond acceptors (Lipinski definition) is 4. The molecular formula is C12H20N2O4. The lowest BCUT2D eigenvalue weighted by atomic mass is 10.1. The Morgan fingerprint density at radius 3 is 2.83 bits per heavy atom. The van der Waals surface area contributed by atoms with Gasteiger partial charge in [-0.15, -0.1) is 0 Å². The highest BCUT2D eigenvalue weighted by molar-refractivity contribution is 5.82. The van der Waals surface area contributed by atoms with E-state index in [0.717, 1.165) is 6.42 Å². The summed E-state index contributed by atoms with van der Waals surface area (Å²) in [4.78, 5) is 24.0. The van der Waals surface area contributed by atoms with Crippen LogP contribution in [0.25, 0.3) is 0 Å². The van der Waals surface area contributed by atoms with Crippen molar-refractivity contribution in [2.75, 3.05) is 26.8 Å². The number of hydrogen-bond donors (Lipinski definition) is 2. The summed E-state index contributed by atoms with van der Waals surface area (Å²) < 4.78 is 5.03. The van der Waals surface area contributed by atoms with Crippen LogP contribution in [0.3, 0.4) is 0 Å². The van der Waals surface area contributed by atoms with Crippen molar-refractivity contribution in [3.05, 3.63) is 11.6 Å². The zero-order valence-electron chi connectivity index (χ0n) is 10.6. The number of ether oxygens (including phenoxy) is 1. The molecule has 18 heavy (non-hydrogen) atoms. The van der Waals surface area contributed by atoms with Crippen LogP contribution in [0.1, 0.15) is 19.3 Å². The largest absolute Gasteiger partial charge is 0.481 e. The first-order chi connectivity index (χ1) is 8.54. The summed E-state index contributed by atoms with van der Waals surface area (Å²) >= 11 is 0. The van der Waals surface area contributed by atoms with Crippen LogP contribution in [0.4, 0.5) is 0 Å². The highest BCUT2D eigenvalue weighted by atomic mass is 16.5. The number of aliphatic carboxylic acids is 1. The molecule has 0 aromatic rings. The van der Waals surface area contributed by atoms with Crippen molar-refractivity contribution in [1.82, 2.24) is 4.90 Å². The van der Waals surface area contributed by atoms with Gasteiger partial charge in [0.1, 0.15) is 0 Å². The molecular weight excluding hydrogens is 236 g/mol. The molecule has 1 rings (SSSR count). The van der Waals surface area contributed by atoms with Crippen LogP contribution < -0.4 is 5.73 Å². The summed E-state index contributed by atoms with van der Waals surface area (Å²) in [6, 6.07) is -0.724. The van der Waals surface area contributed by atoms with Crippen molar-refractivity contribution in [3.8, 4) is 0 Å². The Balaban J connectivity index is 2.41. The summed E-state index contributed by atoms with van der Waals surface area (Å²) in [5.41, 5.74) is 6.87. The second-order valence-corrected chi connectivity index (χ2v) is 4.37. The van der Waals surface area contributed by atoms with Crippen LogP contribution >= 0.6 is 0 Å². The fourth-order valence-electron chi connectivity index (χ4n) is 1.86. The molecule has 102 valence electrons. The minimum atomic E-state index is -0.931. The third kappa shape index (κ3) is 4.46. The summed E-state index contributed by atoms with van der Waals surface area (Å²) in [7, 11) is 1.64. The van der Waals surface area contributed by atoms with E-state index in [1.807, 2.05) is 6.08 Å². The molecule has 0 aliphatic carbocycles. The SMILES string of the molecule is COCC1=CCN(C(=O)C(N)CCC(=O)O)CC1. The fraction of sp³-hybridized carbons (Fsp3) is 0.667. The van der Waals surface area contributed by atoms with Gasteiger partial charge in [0.15, 0.2) is 0 Å². The molecule has 3 N–H and O–H groups in total. The van der Waals surface area contributed by atoms with Crippen LogP contribution in [-0.4, -0.2) is 54.7 Å². The Morgan fingerprint density at radius 2 is 2.33 bits per heavy atom. The number of rotatable bonds is 6. The van der Waals surface area contributed by atoms with Crippen LogP contribution in [0.2, 0.25) is 0 Å². The minimum absolute atomic E-state index is 0.0779. The molecule has 0 saturated heterocycles. The van der Waals surface area contributed by atoms with Crippen molar-refractivity contribution >= 4 is 11.9 Å². The number of carbonyl (C=O) groups is 2.